The van der Waals surface area contributed by atoms with Gasteiger partial charge in [0, 0.05) is 19.4 Å². The highest BCUT2D eigenvalue weighted by Gasteiger charge is 2.66. The number of esters is 2. The largest absolute Gasteiger partial charge is 0.508 e. The second-order valence-corrected chi connectivity index (χ2v) is 9.97. The minimum Gasteiger partial charge on any atom is -0.508 e. The van der Waals surface area contributed by atoms with Crippen molar-refractivity contribution in [2.45, 2.75) is 74.6 Å². The number of aromatic hydroxyl groups is 1. The maximum atomic E-state index is 12.5. The van der Waals surface area contributed by atoms with E-state index in [9.17, 15) is 40.2 Å². The Morgan fingerprint density at radius 2 is 1.82 bits per heavy atom. The van der Waals surface area contributed by atoms with E-state index >= 15 is 0 Å². The van der Waals surface area contributed by atoms with Gasteiger partial charge < -0.3 is 54.3 Å². The van der Waals surface area contributed by atoms with Gasteiger partial charge in [0.2, 0.25) is 6.29 Å². The highest BCUT2D eigenvalue weighted by Crippen LogP contribution is 2.51. The van der Waals surface area contributed by atoms with Gasteiger partial charge in [-0.3, -0.25) is 4.79 Å². The molecule has 2 aliphatic heterocycles. The van der Waals surface area contributed by atoms with Gasteiger partial charge in [-0.15, -0.1) is 0 Å². The number of phenols is 1. The average Bonchev–Trinajstić information content (AvgIpc) is 3.07. The number of hydrogen-bond acceptors (Lipinski definition) is 13. The summed E-state index contributed by atoms with van der Waals surface area (Å²) in [5, 5.41) is 62.4. The van der Waals surface area contributed by atoms with Crippen LogP contribution in [0.2, 0.25) is 0 Å². The fourth-order valence-corrected chi connectivity index (χ4v) is 5.30. The Morgan fingerprint density at radius 1 is 1.13 bits per heavy atom. The first kappa shape index (κ1) is 29.0. The highest BCUT2D eigenvalue weighted by molar-refractivity contribution is 5.87. The van der Waals surface area contributed by atoms with Gasteiger partial charge in [0.25, 0.3) is 0 Å². The first-order valence-electron chi connectivity index (χ1n) is 12.3. The van der Waals surface area contributed by atoms with Crippen LogP contribution in [-0.4, -0.2) is 103 Å². The van der Waals surface area contributed by atoms with Gasteiger partial charge in [-0.1, -0.05) is 12.1 Å². The Balaban J connectivity index is 1.52. The molecular weight excluding hydrogens is 520 g/mol. The molecule has 2 fully saturated rings. The van der Waals surface area contributed by atoms with Crippen LogP contribution in [0.3, 0.4) is 0 Å². The molecule has 13 nitrogen and oxygen atoms in total. The third kappa shape index (κ3) is 5.79. The first-order valence-corrected chi connectivity index (χ1v) is 12.3. The lowest BCUT2D eigenvalue weighted by atomic mass is 9.81. The normalized spacial score (nSPS) is 39.7. The van der Waals surface area contributed by atoms with Crippen molar-refractivity contribution in [2.75, 3.05) is 6.61 Å². The molecule has 2 heterocycles. The standard InChI is InChI=1S/C26H32O13/c1-13(28)39-25(2)11-17(30)26(34)9-10-35-24(22(25)26)38-23-20(33)21(19(32)16(12-27)36-23)37-18(31)8-5-14-3-6-15(29)7-4-14/h3-10,16-17,19-24,27,29-30,32-34H,11-12H2,1-2H3/b8-5-/t16-,17+,19+,20+,21-,22+,23-,24-,25-,26-/m0/s1. The lowest BCUT2D eigenvalue weighted by molar-refractivity contribution is -0.351. The van der Waals surface area contributed by atoms with Gasteiger partial charge in [-0.25, -0.2) is 4.79 Å². The van der Waals surface area contributed by atoms with E-state index in [-0.39, 0.29) is 12.2 Å². The van der Waals surface area contributed by atoms with Gasteiger partial charge in [-0.05, 0) is 36.8 Å². The molecule has 6 N–H and O–H groups in total. The summed E-state index contributed by atoms with van der Waals surface area (Å²) < 4.78 is 27.5. The average molecular weight is 553 g/mol. The third-order valence-corrected chi connectivity index (χ3v) is 7.13. The molecule has 1 aromatic rings. The maximum absolute atomic E-state index is 12.5. The fraction of sp³-hybridized carbons (Fsp3) is 0.538. The zero-order valence-corrected chi connectivity index (χ0v) is 21.2. The Hall–Kier alpha value is -3.04. The van der Waals surface area contributed by atoms with Crippen LogP contribution in [0.1, 0.15) is 25.8 Å². The van der Waals surface area contributed by atoms with E-state index in [0.717, 1.165) is 12.3 Å². The third-order valence-electron chi connectivity index (χ3n) is 7.13. The Morgan fingerprint density at radius 3 is 2.46 bits per heavy atom. The van der Waals surface area contributed by atoms with Gasteiger partial charge in [0.05, 0.1) is 24.9 Å². The van der Waals surface area contributed by atoms with E-state index in [4.69, 9.17) is 23.7 Å². The van der Waals surface area contributed by atoms with Gasteiger partial charge >= 0.3 is 11.9 Å². The second kappa shape index (κ2) is 11.2. The summed E-state index contributed by atoms with van der Waals surface area (Å²) in [6, 6.07) is 5.94. The van der Waals surface area contributed by atoms with E-state index in [1.807, 2.05) is 0 Å². The van der Waals surface area contributed by atoms with Crippen molar-refractivity contribution in [2.24, 2.45) is 5.92 Å². The van der Waals surface area contributed by atoms with Crippen LogP contribution in [0.4, 0.5) is 0 Å². The summed E-state index contributed by atoms with van der Waals surface area (Å²) in [6.45, 7) is 1.93. The lowest BCUT2D eigenvalue weighted by Crippen LogP contribution is -2.63. The molecule has 0 aromatic heterocycles. The highest BCUT2D eigenvalue weighted by atomic mass is 16.8. The topological polar surface area (TPSA) is 202 Å². The molecular formula is C26H32O13. The Kier molecular flexibility index (Phi) is 8.33. The van der Waals surface area contributed by atoms with Crippen molar-refractivity contribution >= 4 is 18.0 Å². The molecule has 0 spiro atoms. The minimum atomic E-state index is -1.92. The number of aliphatic hydroxyl groups is 5. The summed E-state index contributed by atoms with van der Waals surface area (Å²) in [6.07, 6.45) is -6.24. The molecule has 214 valence electrons. The van der Waals surface area contributed by atoms with Gasteiger partial charge in [0.15, 0.2) is 12.4 Å². The van der Waals surface area contributed by atoms with Crippen LogP contribution in [0, 0.1) is 5.92 Å². The SMILES string of the molecule is CC(=O)O[C@@]1(C)C[C@@H](O)[C@@]2(O)C=CO[C@@H](O[C@@H]3O[C@@H](CO)[C@@H](O)[C@H](OC(=O)/C=C\c4ccc(O)cc4)[C@H]3O)[C@@H]21. The molecule has 39 heavy (non-hydrogen) atoms. The lowest BCUT2D eigenvalue weighted by Gasteiger charge is -2.46. The summed E-state index contributed by atoms with van der Waals surface area (Å²) in [7, 11) is 0. The second-order valence-electron chi connectivity index (χ2n) is 9.97. The number of phenolic OH excluding ortho intramolecular Hbond substituents is 1. The smallest absolute Gasteiger partial charge is 0.331 e. The molecule has 0 amide bonds. The van der Waals surface area contributed by atoms with Crippen molar-refractivity contribution in [1.82, 2.24) is 0 Å². The van der Waals surface area contributed by atoms with Crippen LogP contribution in [0.5, 0.6) is 5.75 Å². The Labute approximate surface area is 223 Å². The van der Waals surface area contributed by atoms with Crippen LogP contribution in [0.15, 0.2) is 42.7 Å². The molecule has 0 radical (unpaired) electrons. The van der Waals surface area contributed by atoms with Gasteiger partial charge in [-0.2, -0.15) is 0 Å². The molecule has 4 rings (SSSR count). The predicted octanol–water partition coefficient (Wildman–Crippen LogP) is -0.923. The number of rotatable bonds is 7. The van der Waals surface area contributed by atoms with E-state index in [2.05, 4.69) is 0 Å². The van der Waals surface area contributed by atoms with Crippen molar-refractivity contribution in [3.8, 4) is 5.75 Å². The van der Waals surface area contributed by atoms with Crippen molar-refractivity contribution in [3.63, 3.8) is 0 Å². The van der Waals surface area contributed by atoms with E-state index in [1.54, 1.807) is 12.1 Å². The molecule has 0 bridgehead atoms. The van der Waals surface area contributed by atoms with Crippen LogP contribution < -0.4 is 0 Å². The maximum Gasteiger partial charge on any atom is 0.331 e. The van der Waals surface area contributed by atoms with Crippen LogP contribution in [-0.2, 0) is 33.3 Å². The van der Waals surface area contributed by atoms with Crippen LogP contribution >= 0.6 is 0 Å². The summed E-state index contributed by atoms with van der Waals surface area (Å²) >= 11 is 0. The number of carbonyl (C=O) groups is 2. The molecule has 1 saturated carbocycles. The number of benzene rings is 1. The number of hydrogen-bond donors (Lipinski definition) is 6. The molecule has 13 heteroatoms. The summed E-state index contributed by atoms with van der Waals surface area (Å²) in [5.74, 6) is -2.75. The number of ether oxygens (including phenoxy) is 5. The number of fused-ring (bicyclic) bond motifs is 1. The van der Waals surface area contributed by atoms with E-state index in [1.165, 1.54) is 38.1 Å². The monoisotopic (exact) mass is 552 g/mol. The predicted molar refractivity (Wildman–Crippen MR) is 129 cm³/mol. The zero-order valence-electron chi connectivity index (χ0n) is 21.2. The number of carbonyl (C=O) groups excluding carboxylic acids is 2. The van der Waals surface area contributed by atoms with E-state index in [0.29, 0.717) is 5.56 Å². The Bertz CT molecular complexity index is 1100. The molecule has 1 saturated heterocycles. The molecule has 1 aromatic carbocycles. The number of aliphatic hydroxyl groups excluding tert-OH is 4. The quantitative estimate of drug-likeness (QED) is 0.179. The van der Waals surface area contributed by atoms with Gasteiger partial charge in [0.1, 0.15) is 35.3 Å². The van der Waals surface area contributed by atoms with E-state index < -0.39 is 78.8 Å². The fourth-order valence-electron chi connectivity index (χ4n) is 5.30. The molecule has 10 atom stereocenters. The van der Waals surface area contributed by atoms with Crippen molar-refractivity contribution in [1.29, 1.82) is 0 Å². The minimum absolute atomic E-state index is 0.0421. The summed E-state index contributed by atoms with van der Waals surface area (Å²) in [5.41, 5.74) is -2.81. The summed E-state index contributed by atoms with van der Waals surface area (Å²) in [4.78, 5) is 24.3. The van der Waals surface area contributed by atoms with Crippen LogP contribution in [0.25, 0.3) is 6.08 Å². The first-order chi connectivity index (χ1) is 18.4. The molecule has 0 unspecified atom stereocenters. The molecule has 1 aliphatic carbocycles. The van der Waals surface area contributed by atoms with Crippen molar-refractivity contribution in [3.05, 3.63) is 48.2 Å². The molecule has 3 aliphatic rings. The zero-order chi connectivity index (χ0) is 28.5. The van der Waals surface area contributed by atoms with Crippen molar-refractivity contribution < 1.29 is 63.9 Å².